The van der Waals surface area contributed by atoms with Crippen LogP contribution in [0.2, 0.25) is 0 Å². The van der Waals surface area contributed by atoms with Crippen LogP contribution in [0.1, 0.15) is 42.4 Å². The third kappa shape index (κ3) is 7.05. The van der Waals surface area contributed by atoms with E-state index in [2.05, 4.69) is 43.4 Å². The summed E-state index contributed by atoms with van der Waals surface area (Å²) < 4.78 is 11.1. The molecule has 1 saturated heterocycles. The van der Waals surface area contributed by atoms with Gasteiger partial charge in [0.25, 0.3) is 5.56 Å². The first kappa shape index (κ1) is 23.8. The summed E-state index contributed by atoms with van der Waals surface area (Å²) in [5.41, 5.74) is 2.67. The number of aromatic amines is 1. The maximum absolute atomic E-state index is 12.4. The van der Waals surface area contributed by atoms with E-state index in [0.717, 1.165) is 24.3 Å². The van der Waals surface area contributed by atoms with E-state index in [1.807, 2.05) is 18.2 Å². The second-order valence-electron chi connectivity index (χ2n) is 8.58. The van der Waals surface area contributed by atoms with Crippen molar-refractivity contribution >= 4 is 5.95 Å². The average molecular weight is 464 g/mol. The van der Waals surface area contributed by atoms with Gasteiger partial charge in [-0.3, -0.25) is 14.7 Å². The van der Waals surface area contributed by atoms with Gasteiger partial charge in [-0.2, -0.15) is 0 Å². The topological polar surface area (TPSA) is 92.4 Å². The Morgan fingerprint density at radius 1 is 1.09 bits per heavy atom. The molecule has 3 aromatic rings. The molecule has 34 heavy (non-hydrogen) atoms. The Morgan fingerprint density at radius 3 is 2.79 bits per heavy atom. The number of hydrogen-bond acceptors (Lipinski definition) is 7. The standard InChI is InChI=1S/C26H33N5O3/c1-33-24-17-20(9-11-27-24)15-22-18-29-26(30-25(22)32)28-10-6-14-34-23-8-5-7-21(16-23)19-31-12-3-2-4-13-31/h5,7-9,11,16-18H,2-4,6,10,12-15,19H2,1H3,(H2,28,29,30,32). The first-order chi connectivity index (χ1) is 16.7. The Balaban J connectivity index is 1.20. The zero-order chi connectivity index (χ0) is 23.6. The number of methoxy groups -OCH3 is 1. The Morgan fingerprint density at radius 2 is 1.97 bits per heavy atom. The van der Waals surface area contributed by atoms with Crippen LogP contribution in [-0.4, -0.2) is 53.2 Å². The summed E-state index contributed by atoms with van der Waals surface area (Å²) >= 11 is 0. The number of ether oxygens (including phenoxy) is 2. The van der Waals surface area contributed by atoms with Crippen molar-refractivity contribution < 1.29 is 9.47 Å². The van der Waals surface area contributed by atoms with Crippen LogP contribution < -0.4 is 20.3 Å². The molecule has 0 unspecified atom stereocenters. The molecule has 2 aromatic heterocycles. The van der Waals surface area contributed by atoms with E-state index in [9.17, 15) is 4.79 Å². The van der Waals surface area contributed by atoms with Crippen molar-refractivity contribution in [2.45, 2.75) is 38.6 Å². The highest BCUT2D eigenvalue weighted by Crippen LogP contribution is 2.18. The minimum absolute atomic E-state index is 0.157. The Labute approximate surface area is 200 Å². The number of likely N-dealkylation sites (tertiary alicyclic amines) is 1. The molecule has 1 aromatic carbocycles. The fourth-order valence-corrected chi connectivity index (χ4v) is 4.11. The van der Waals surface area contributed by atoms with Gasteiger partial charge < -0.3 is 14.8 Å². The molecule has 0 spiro atoms. The fraction of sp³-hybridized carbons (Fsp3) is 0.423. The first-order valence-corrected chi connectivity index (χ1v) is 11.9. The predicted molar refractivity (Wildman–Crippen MR) is 133 cm³/mol. The lowest BCUT2D eigenvalue weighted by molar-refractivity contribution is 0.220. The molecule has 1 aliphatic heterocycles. The van der Waals surface area contributed by atoms with Gasteiger partial charge in [-0.25, -0.2) is 9.97 Å². The number of anilines is 1. The van der Waals surface area contributed by atoms with Crippen LogP contribution in [0.15, 0.2) is 53.6 Å². The Kier molecular flexibility index (Phi) is 8.51. The molecule has 0 radical (unpaired) electrons. The summed E-state index contributed by atoms with van der Waals surface area (Å²) in [6, 6.07) is 12.0. The monoisotopic (exact) mass is 463 g/mol. The molecule has 8 heteroatoms. The maximum atomic E-state index is 12.4. The van der Waals surface area contributed by atoms with Crippen LogP contribution in [0, 0.1) is 0 Å². The molecule has 2 N–H and O–H groups in total. The summed E-state index contributed by atoms with van der Waals surface area (Å²) in [4.78, 5) is 26.2. The van der Waals surface area contributed by atoms with E-state index in [-0.39, 0.29) is 5.56 Å². The summed E-state index contributed by atoms with van der Waals surface area (Å²) in [5, 5.41) is 3.16. The van der Waals surface area contributed by atoms with Crippen molar-refractivity contribution in [2.24, 2.45) is 0 Å². The number of piperidine rings is 1. The molecular formula is C26H33N5O3. The van der Waals surface area contributed by atoms with Crippen molar-refractivity contribution in [3.8, 4) is 11.6 Å². The molecule has 8 nitrogen and oxygen atoms in total. The van der Waals surface area contributed by atoms with E-state index in [1.54, 1.807) is 19.5 Å². The lowest BCUT2D eigenvalue weighted by atomic mass is 10.1. The Bertz CT molecular complexity index is 1110. The van der Waals surface area contributed by atoms with E-state index in [4.69, 9.17) is 9.47 Å². The molecule has 0 bridgehead atoms. The van der Waals surface area contributed by atoms with Gasteiger partial charge in [0.05, 0.1) is 13.7 Å². The van der Waals surface area contributed by atoms with Crippen molar-refractivity contribution in [1.29, 1.82) is 0 Å². The number of benzene rings is 1. The maximum Gasteiger partial charge on any atom is 0.255 e. The molecule has 1 fully saturated rings. The number of pyridine rings is 1. The number of rotatable bonds is 11. The number of H-pyrrole nitrogens is 1. The second kappa shape index (κ2) is 12.2. The number of nitrogens with zero attached hydrogens (tertiary/aromatic N) is 3. The molecule has 0 amide bonds. The van der Waals surface area contributed by atoms with Gasteiger partial charge in [0.2, 0.25) is 11.8 Å². The molecule has 0 saturated carbocycles. The van der Waals surface area contributed by atoms with Crippen LogP contribution in [0.25, 0.3) is 0 Å². The van der Waals surface area contributed by atoms with E-state index in [0.29, 0.717) is 37.0 Å². The third-order valence-corrected chi connectivity index (χ3v) is 5.91. The van der Waals surface area contributed by atoms with Gasteiger partial charge in [-0.15, -0.1) is 0 Å². The SMILES string of the molecule is COc1cc(Cc2cnc(NCCCOc3cccc(CN4CCCCC4)c3)[nH]c2=O)ccn1. The van der Waals surface area contributed by atoms with E-state index < -0.39 is 0 Å². The molecule has 0 atom stereocenters. The molecule has 180 valence electrons. The van der Waals surface area contributed by atoms with Crippen LogP contribution in [-0.2, 0) is 13.0 Å². The molecular weight excluding hydrogens is 430 g/mol. The summed E-state index contributed by atoms with van der Waals surface area (Å²) in [6.45, 7) is 4.60. The summed E-state index contributed by atoms with van der Waals surface area (Å²) in [6.07, 6.45) is 8.47. The zero-order valence-corrected chi connectivity index (χ0v) is 19.8. The Hall–Kier alpha value is -3.39. The number of nitrogens with one attached hydrogen (secondary N) is 2. The van der Waals surface area contributed by atoms with Gasteiger partial charge >= 0.3 is 0 Å². The number of hydrogen-bond donors (Lipinski definition) is 2. The van der Waals surface area contributed by atoms with Gasteiger partial charge in [-0.1, -0.05) is 18.6 Å². The van der Waals surface area contributed by atoms with Gasteiger partial charge in [0.15, 0.2) is 0 Å². The van der Waals surface area contributed by atoms with Crippen molar-refractivity contribution in [1.82, 2.24) is 19.9 Å². The fourth-order valence-electron chi connectivity index (χ4n) is 4.11. The van der Waals surface area contributed by atoms with E-state index in [1.165, 1.54) is 37.9 Å². The smallest absolute Gasteiger partial charge is 0.255 e. The summed E-state index contributed by atoms with van der Waals surface area (Å²) in [5.74, 6) is 1.89. The minimum atomic E-state index is -0.157. The average Bonchev–Trinajstić information content (AvgIpc) is 2.86. The van der Waals surface area contributed by atoms with Crippen LogP contribution in [0.3, 0.4) is 0 Å². The van der Waals surface area contributed by atoms with Crippen molar-refractivity contribution in [3.05, 3.63) is 75.8 Å². The summed E-state index contributed by atoms with van der Waals surface area (Å²) in [7, 11) is 1.57. The lowest BCUT2D eigenvalue weighted by Gasteiger charge is -2.26. The normalized spacial score (nSPS) is 14.0. The van der Waals surface area contributed by atoms with Crippen molar-refractivity contribution in [3.63, 3.8) is 0 Å². The van der Waals surface area contributed by atoms with Crippen LogP contribution in [0.5, 0.6) is 11.6 Å². The number of aromatic nitrogens is 3. The predicted octanol–water partition coefficient (Wildman–Crippen LogP) is 3.63. The molecule has 0 aliphatic carbocycles. The molecule has 3 heterocycles. The first-order valence-electron chi connectivity index (χ1n) is 11.9. The minimum Gasteiger partial charge on any atom is -0.494 e. The van der Waals surface area contributed by atoms with Crippen molar-refractivity contribution in [2.75, 3.05) is 38.7 Å². The third-order valence-electron chi connectivity index (χ3n) is 5.91. The zero-order valence-electron chi connectivity index (χ0n) is 19.8. The largest absolute Gasteiger partial charge is 0.494 e. The molecule has 1 aliphatic rings. The quantitative estimate of drug-likeness (QED) is 0.420. The van der Waals surface area contributed by atoms with Crippen LogP contribution in [0.4, 0.5) is 5.95 Å². The highest BCUT2D eigenvalue weighted by atomic mass is 16.5. The molecule has 4 rings (SSSR count). The highest BCUT2D eigenvalue weighted by Gasteiger charge is 2.11. The van der Waals surface area contributed by atoms with Crippen LogP contribution >= 0.6 is 0 Å². The lowest BCUT2D eigenvalue weighted by Crippen LogP contribution is -2.29. The van der Waals surface area contributed by atoms with Gasteiger partial charge in [0, 0.05) is 43.5 Å². The second-order valence-corrected chi connectivity index (χ2v) is 8.58. The van der Waals surface area contributed by atoms with E-state index >= 15 is 0 Å². The van der Waals surface area contributed by atoms with Gasteiger partial charge in [0.1, 0.15) is 5.75 Å². The highest BCUT2D eigenvalue weighted by molar-refractivity contribution is 5.30. The van der Waals surface area contributed by atoms with Gasteiger partial charge in [-0.05, 0) is 61.7 Å².